The number of fused-ring (bicyclic) bond motifs is 1. The van der Waals surface area contributed by atoms with Gasteiger partial charge >= 0.3 is 11.9 Å². The van der Waals surface area contributed by atoms with Crippen LogP contribution in [0, 0.1) is 0 Å². The molecule has 2 aromatic rings. The molecule has 1 unspecified atom stereocenters. The van der Waals surface area contributed by atoms with Crippen LogP contribution >= 0.6 is 7.44 Å². The van der Waals surface area contributed by atoms with Crippen molar-refractivity contribution in [1.29, 1.82) is 0 Å². The van der Waals surface area contributed by atoms with Crippen LogP contribution < -0.4 is 21.5 Å². The Kier molecular flexibility index (Phi) is 9.60. The van der Waals surface area contributed by atoms with Gasteiger partial charge in [0.25, 0.3) is 5.56 Å². The van der Waals surface area contributed by atoms with Crippen molar-refractivity contribution in [2.45, 2.75) is 71.2 Å². The van der Waals surface area contributed by atoms with Gasteiger partial charge < -0.3 is 24.5 Å². The van der Waals surface area contributed by atoms with Crippen molar-refractivity contribution in [3.63, 3.8) is 0 Å². The minimum Gasteiger partial charge on any atom is -0.465 e. The zero-order chi connectivity index (χ0) is 26.3. The second-order valence-corrected chi connectivity index (χ2v) is 10.9. The third-order valence-corrected chi connectivity index (χ3v) is 7.78. The van der Waals surface area contributed by atoms with E-state index in [2.05, 4.69) is 25.1 Å². The molecule has 0 radical (unpaired) electrons. The van der Waals surface area contributed by atoms with Crippen LogP contribution in [-0.2, 0) is 34.9 Å². The van der Waals surface area contributed by atoms with Crippen molar-refractivity contribution in [2.75, 3.05) is 25.3 Å². The van der Waals surface area contributed by atoms with Crippen LogP contribution in [0.25, 0.3) is 11.2 Å². The Morgan fingerprint density at radius 3 is 2.58 bits per heavy atom. The molecule has 2 aromatic heterocycles. The summed E-state index contributed by atoms with van der Waals surface area (Å²) in [5, 5.41) is 5.52. The molecule has 1 aliphatic rings. The highest BCUT2D eigenvalue weighted by atomic mass is 31.2. The summed E-state index contributed by atoms with van der Waals surface area (Å²) in [6, 6.07) is -1.82. The number of aromatic amines is 1. The molecule has 0 amide bonds. The number of H-pyrrole nitrogens is 1. The first-order chi connectivity index (χ1) is 17.1. The average Bonchev–Trinajstić information content (AvgIpc) is 3.47. The molecule has 1 aliphatic carbocycles. The quantitative estimate of drug-likeness (QED) is 0.163. The fourth-order valence-electron chi connectivity index (χ4n) is 3.87. The molecule has 0 saturated heterocycles. The molecule has 1 saturated carbocycles. The van der Waals surface area contributed by atoms with Crippen LogP contribution in [0.2, 0.25) is 0 Å². The third kappa shape index (κ3) is 7.36. The topological polar surface area (TPSA) is 193 Å². The van der Waals surface area contributed by atoms with Crippen molar-refractivity contribution < 1.29 is 28.4 Å². The van der Waals surface area contributed by atoms with Crippen LogP contribution in [-0.4, -0.2) is 69.2 Å². The van der Waals surface area contributed by atoms with Crippen LogP contribution in [0.4, 0.5) is 5.95 Å². The van der Waals surface area contributed by atoms with Gasteiger partial charge in [0, 0.05) is 6.54 Å². The van der Waals surface area contributed by atoms with E-state index in [4.69, 9.17) is 19.9 Å². The second kappa shape index (κ2) is 12.4. The molecule has 36 heavy (non-hydrogen) atoms. The minimum atomic E-state index is -3.62. The van der Waals surface area contributed by atoms with Gasteiger partial charge in [-0.1, -0.05) is 0 Å². The highest BCUT2D eigenvalue weighted by Gasteiger charge is 2.33. The van der Waals surface area contributed by atoms with Crippen molar-refractivity contribution >= 4 is 36.5 Å². The summed E-state index contributed by atoms with van der Waals surface area (Å²) >= 11 is 0. The number of hydrogen-bond acceptors (Lipinski definition) is 10. The molecule has 0 aliphatic heterocycles. The third-order valence-electron chi connectivity index (χ3n) is 5.63. The predicted octanol–water partition coefficient (Wildman–Crippen LogP) is 0.874. The van der Waals surface area contributed by atoms with E-state index in [1.165, 1.54) is 13.3 Å². The number of carbonyl (C=O) groups is 2. The Labute approximate surface area is 208 Å². The zero-order valence-corrected chi connectivity index (χ0v) is 21.6. The lowest BCUT2D eigenvalue weighted by Gasteiger charge is -2.26. The van der Waals surface area contributed by atoms with Gasteiger partial charge in [0.2, 0.25) is 13.4 Å². The van der Waals surface area contributed by atoms with Gasteiger partial charge in [-0.3, -0.25) is 23.9 Å². The van der Waals surface area contributed by atoms with Gasteiger partial charge in [0.05, 0.1) is 19.5 Å². The molecule has 0 spiro atoms. The van der Waals surface area contributed by atoms with Gasteiger partial charge in [0.1, 0.15) is 24.5 Å². The molecular formula is C21H34N7O7P. The lowest BCUT2D eigenvalue weighted by Crippen LogP contribution is -2.43. The molecule has 15 heteroatoms. The van der Waals surface area contributed by atoms with Crippen molar-refractivity contribution in [3.05, 3.63) is 16.7 Å². The SMILES string of the molecule is CCOC(=O)[C@H](C)NP(=O)(COCCn1cnc2c(=O)[nH]c(N)nc21)N[C@@H](C)C(=O)OC1CCCC1. The van der Waals surface area contributed by atoms with E-state index < -0.39 is 37.0 Å². The summed E-state index contributed by atoms with van der Waals surface area (Å²) in [7, 11) is -3.62. The molecule has 2 heterocycles. The standard InChI is InChI=1S/C21H34N7O7P/c1-4-34-19(30)13(2)26-36(32,27-14(3)20(31)35-15-7-5-6-8-15)12-33-10-9-28-11-23-16-17(28)24-21(22)25-18(16)29/h11,13-15H,4-10,12H2,1-3H3,(H2,26,27,32)(H3,22,24,25,29)/t13-,14-,36?/m0/s1. The highest BCUT2D eigenvalue weighted by Crippen LogP contribution is 2.38. The normalized spacial score (nSPS) is 17.5. The van der Waals surface area contributed by atoms with E-state index in [1.807, 2.05) is 0 Å². The Morgan fingerprint density at radius 1 is 1.25 bits per heavy atom. The summed E-state index contributed by atoms with van der Waals surface area (Å²) < 4.78 is 31.4. The van der Waals surface area contributed by atoms with E-state index in [0.29, 0.717) is 5.65 Å². The Bertz CT molecular complexity index is 1160. The molecule has 0 bridgehead atoms. The lowest BCUT2D eigenvalue weighted by atomic mass is 10.3. The predicted molar refractivity (Wildman–Crippen MR) is 131 cm³/mol. The van der Waals surface area contributed by atoms with Gasteiger partial charge in [0.15, 0.2) is 11.2 Å². The smallest absolute Gasteiger partial charge is 0.323 e. The number of esters is 2. The Balaban J connectivity index is 1.63. The molecule has 3 atom stereocenters. The molecule has 1 fully saturated rings. The fraction of sp³-hybridized carbons (Fsp3) is 0.667. The van der Waals surface area contributed by atoms with Crippen molar-refractivity contribution in [2.24, 2.45) is 0 Å². The number of aromatic nitrogens is 4. The largest absolute Gasteiger partial charge is 0.465 e. The molecule has 0 aromatic carbocycles. The monoisotopic (exact) mass is 527 g/mol. The van der Waals surface area contributed by atoms with E-state index in [0.717, 1.165) is 25.7 Å². The maximum atomic E-state index is 13.7. The number of ether oxygens (including phenoxy) is 3. The van der Waals surface area contributed by atoms with Crippen molar-refractivity contribution in [1.82, 2.24) is 29.7 Å². The number of carbonyl (C=O) groups excluding carboxylic acids is 2. The number of anilines is 1. The number of imidazole rings is 1. The van der Waals surface area contributed by atoms with Gasteiger partial charge in [-0.15, -0.1) is 0 Å². The number of nitrogen functional groups attached to an aromatic ring is 1. The Hall–Kier alpha value is -2.80. The summed E-state index contributed by atoms with van der Waals surface area (Å²) in [6.45, 7) is 5.21. The highest BCUT2D eigenvalue weighted by molar-refractivity contribution is 7.59. The van der Waals surface area contributed by atoms with E-state index >= 15 is 0 Å². The van der Waals surface area contributed by atoms with Gasteiger partial charge in [-0.2, -0.15) is 4.98 Å². The van der Waals surface area contributed by atoms with Crippen LogP contribution in [0.15, 0.2) is 11.1 Å². The Morgan fingerprint density at radius 2 is 1.92 bits per heavy atom. The number of hydrogen-bond donors (Lipinski definition) is 4. The van der Waals surface area contributed by atoms with Crippen molar-refractivity contribution in [3.8, 4) is 0 Å². The van der Waals surface area contributed by atoms with Gasteiger partial charge in [-0.05, 0) is 46.5 Å². The average molecular weight is 528 g/mol. The maximum Gasteiger partial charge on any atom is 0.323 e. The van der Waals surface area contributed by atoms with E-state index in [9.17, 15) is 18.9 Å². The summed E-state index contributed by atoms with van der Waals surface area (Å²) in [5.41, 5.74) is 5.58. The summed E-state index contributed by atoms with van der Waals surface area (Å²) in [5.74, 6) is -1.15. The number of rotatable bonds is 13. The van der Waals surface area contributed by atoms with Crippen LogP contribution in [0.3, 0.4) is 0 Å². The lowest BCUT2D eigenvalue weighted by molar-refractivity contribution is -0.150. The molecule has 5 N–H and O–H groups in total. The van der Waals surface area contributed by atoms with Crippen LogP contribution in [0.1, 0.15) is 46.5 Å². The van der Waals surface area contributed by atoms with E-state index in [1.54, 1.807) is 18.4 Å². The first kappa shape index (κ1) is 27.8. The minimum absolute atomic E-state index is 0.0421. The first-order valence-electron chi connectivity index (χ1n) is 11.9. The second-order valence-electron chi connectivity index (χ2n) is 8.64. The molecule has 3 rings (SSSR count). The molecular weight excluding hydrogens is 493 g/mol. The number of nitrogens with two attached hydrogens (primary N) is 1. The summed E-state index contributed by atoms with van der Waals surface area (Å²) in [4.78, 5) is 47.1. The number of nitrogens with one attached hydrogen (secondary N) is 3. The van der Waals surface area contributed by atoms with Crippen LogP contribution in [0.5, 0.6) is 0 Å². The fourth-order valence-corrected chi connectivity index (χ4v) is 5.94. The number of nitrogens with zero attached hydrogens (tertiary/aromatic N) is 3. The maximum absolute atomic E-state index is 13.7. The zero-order valence-electron chi connectivity index (χ0n) is 20.7. The molecule has 14 nitrogen and oxygen atoms in total. The van der Waals surface area contributed by atoms with E-state index in [-0.39, 0.29) is 43.7 Å². The molecule has 200 valence electrons. The van der Waals surface area contributed by atoms with Gasteiger partial charge in [-0.25, -0.2) is 15.2 Å². The summed E-state index contributed by atoms with van der Waals surface area (Å²) in [6.07, 6.45) is 4.60. The first-order valence-corrected chi connectivity index (χ1v) is 13.8.